The van der Waals surface area contributed by atoms with E-state index in [1.165, 1.54) is 0 Å². The van der Waals surface area contributed by atoms with Crippen LogP contribution in [0.2, 0.25) is 0 Å². The molecule has 1 aromatic carbocycles. The number of carbonyl (C=O) groups excluding carboxylic acids is 1. The standard InChI is InChI=1S/C18H28N2O4S/c1-12-8-13(2)18(14(3)9-12)25(22,23)19-7-6-17(21)20-10-16(5)24-11-15(20)4/h8-9,15-16,19H,6-7,10-11H2,1-5H3. The van der Waals surface area contributed by atoms with E-state index in [2.05, 4.69) is 4.72 Å². The summed E-state index contributed by atoms with van der Waals surface area (Å²) in [6, 6.07) is 3.72. The molecule has 1 fully saturated rings. The van der Waals surface area contributed by atoms with Gasteiger partial charge in [0.15, 0.2) is 0 Å². The molecule has 1 saturated heterocycles. The molecule has 140 valence electrons. The van der Waals surface area contributed by atoms with Crippen LogP contribution >= 0.6 is 0 Å². The number of aryl methyl sites for hydroxylation is 3. The lowest BCUT2D eigenvalue weighted by Crippen LogP contribution is -2.50. The van der Waals surface area contributed by atoms with Crippen molar-refractivity contribution >= 4 is 15.9 Å². The van der Waals surface area contributed by atoms with E-state index in [4.69, 9.17) is 4.74 Å². The van der Waals surface area contributed by atoms with Gasteiger partial charge < -0.3 is 9.64 Å². The Labute approximate surface area is 150 Å². The average Bonchev–Trinajstić information content (AvgIpc) is 2.47. The molecule has 1 aliphatic rings. The fourth-order valence-electron chi connectivity index (χ4n) is 3.35. The van der Waals surface area contributed by atoms with E-state index < -0.39 is 10.0 Å². The van der Waals surface area contributed by atoms with Crippen molar-refractivity contribution in [2.45, 2.75) is 58.1 Å². The smallest absolute Gasteiger partial charge is 0.241 e. The Kier molecular flexibility index (Phi) is 6.24. The number of hydrogen-bond acceptors (Lipinski definition) is 4. The van der Waals surface area contributed by atoms with E-state index in [-0.39, 0.29) is 31.0 Å². The van der Waals surface area contributed by atoms with Crippen LogP contribution in [0.25, 0.3) is 0 Å². The van der Waals surface area contributed by atoms with Crippen LogP contribution in [-0.4, -0.2) is 51.1 Å². The minimum absolute atomic E-state index is 0.00898. The Morgan fingerprint density at radius 1 is 1.24 bits per heavy atom. The topological polar surface area (TPSA) is 75.7 Å². The highest BCUT2D eigenvalue weighted by Crippen LogP contribution is 2.21. The van der Waals surface area contributed by atoms with Crippen LogP contribution in [0.5, 0.6) is 0 Å². The number of morpholine rings is 1. The molecule has 6 nitrogen and oxygen atoms in total. The maximum atomic E-state index is 12.6. The number of sulfonamides is 1. The Bertz CT molecular complexity index is 722. The van der Waals surface area contributed by atoms with Gasteiger partial charge in [0, 0.05) is 19.5 Å². The normalized spacial score (nSPS) is 21.4. The molecule has 2 rings (SSSR count). The zero-order chi connectivity index (χ0) is 18.8. The van der Waals surface area contributed by atoms with Crippen LogP contribution in [0, 0.1) is 20.8 Å². The molecule has 1 amide bonds. The predicted molar refractivity (Wildman–Crippen MR) is 97.0 cm³/mol. The molecule has 1 aliphatic heterocycles. The quantitative estimate of drug-likeness (QED) is 0.861. The molecule has 1 heterocycles. The molecule has 2 unspecified atom stereocenters. The highest BCUT2D eigenvalue weighted by atomic mass is 32.2. The monoisotopic (exact) mass is 368 g/mol. The number of amides is 1. The third-order valence-electron chi connectivity index (χ3n) is 4.43. The Balaban J connectivity index is 2.00. The summed E-state index contributed by atoms with van der Waals surface area (Å²) in [5.74, 6) is -0.0531. The summed E-state index contributed by atoms with van der Waals surface area (Å²) >= 11 is 0. The minimum Gasteiger partial charge on any atom is -0.375 e. The predicted octanol–water partition coefficient (Wildman–Crippen LogP) is 1.92. The van der Waals surface area contributed by atoms with Crippen LogP contribution in [-0.2, 0) is 19.6 Å². The molecule has 25 heavy (non-hydrogen) atoms. The molecule has 0 aliphatic carbocycles. The largest absolute Gasteiger partial charge is 0.375 e. The van der Waals surface area contributed by atoms with Gasteiger partial charge in [-0.25, -0.2) is 13.1 Å². The van der Waals surface area contributed by atoms with Crippen LogP contribution in [0.4, 0.5) is 0 Å². The second kappa shape index (κ2) is 7.85. The molecule has 7 heteroatoms. The Morgan fingerprint density at radius 3 is 2.44 bits per heavy atom. The molecule has 0 aromatic heterocycles. The van der Waals surface area contributed by atoms with Gasteiger partial charge in [0.25, 0.3) is 0 Å². The molecule has 0 radical (unpaired) electrons. The summed E-state index contributed by atoms with van der Waals surface area (Å²) in [5.41, 5.74) is 2.46. The minimum atomic E-state index is -3.63. The number of hydrogen-bond donors (Lipinski definition) is 1. The second-order valence-electron chi connectivity index (χ2n) is 6.91. The average molecular weight is 368 g/mol. The number of rotatable bonds is 5. The van der Waals surface area contributed by atoms with E-state index in [1.807, 2.05) is 32.9 Å². The Morgan fingerprint density at radius 2 is 1.84 bits per heavy atom. The van der Waals surface area contributed by atoms with Crippen molar-refractivity contribution in [3.63, 3.8) is 0 Å². The fourth-order valence-corrected chi connectivity index (χ4v) is 4.83. The molecular formula is C18H28N2O4S. The summed E-state index contributed by atoms with van der Waals surface area (Å²) in [4.78, 5) is 14.5. The van der Waals surface area contributed by atoms with Gasteiger partial charge in [-0.05, 0) is 45.7 Å². The number of benzene rings is 1. The first-order valence-corrected chi connectivity index (χ1v) is 10.1. The van der Waals surface area contributed by atoms with Gasteiger partial charge in [0.2, 0.25) is 15.9 Å². The van der Waals surface area contributed by atoms with Gasteiger partial charge in [-0.15, -0.1) is 0 Å². The van der Waals surface area contributed by atoms with Crippen molar-refractivity contribution in [3.05, 3.63) is 28.8 Å². The molecule has 1 aromatic rings. The fraction of sp³-hybridized carbons (Fsp3) is 0.611. The lowest BCUT2D eigenvalue weighted by molar-refractivity contribution is -0.143. The van der Waals surface area contributed by atoms with E-state index >= 15 is 0 Å². The van der Waals surface area contributed by atoms with Crippen molar-refractivity contribution in [2.75, 3.05) is 19.7 Å². The third-order valence-corrected chi connectivity index (χ3v) is 6.20. The summed E-state index contributed by atoms with van der Waals surface area (Å²) < 4.78 is 33.3. The van der Waals surface area contributed by atoms with E-state index in [1.54, 1.807) is 18.7 Å². The van der Waals surface area contributed by atoms with Crippen molar-refractivity contribution in [3.8, 4) is 0 Å². The SMILES string of the molecule is Cc1cc(C)c(S(=O)(=O)NCCC(=O)N2CC(C)OCC2C)c(C)c1. The molecule has 0 saturated carbocycles. The highest BCUT2D eigenvalue weighted by Gasteiger charge is 2.27. The van der Waals surface area contributed by atoms with Gasteiger partial charge in [-0.2, -0.15) is 0 Å². The van der Waals surface area contributed by atoms with Gasteiger partial charge >= 0.3 is 0 Å². The summed E-state index contributed by atoms with van der Waals surface area (Å²) in [5, 5.41) is 0. The summed E-state index contributed by atoms with van der Waals surface area (Å²) in [6.45, 7) is 10.5. The number of nitrogens with one attached hydrogen (secondary N) is 1. The molecular weight excluding hydrogens is 340 g/mol. The number of nitrogens with zero attached hydrogens (tertiary/aromatic N) is 1. The Hall–Kier alpha value is -1.44. The van der Waals surface area contributed by atoms with Crippen LogP contribution in [0.15, 0.2) is 17.0 Å². The van der Waals surface area contributed by atoms with Crippen LogP contribution in [0.1, 0.15) is 37.0 Å². The van der Waals surface area contributed by atoms with E-state index in [0.29, 0.717) is 29.2 Å². The molecule has 0 bridgehead atoms. The van der Waals surface area contributed by atoms with Crippen molar-refractivity contribution in [2.24, 2.45) is 0 Å². The first-order valence-electron chi connectivity index (χ1n) is 8.60. The third kappa shape index (κ3) is 4.80. The zero-order valence-corrected chi connectivity index (χ0v) is 16.4. The first kappa shape index (κ1) is 19.9. The van der Waals surface area contributed by atoms with Crippen LogP contribution in [0.3, 0.4) is 0 Å². The van der Waals surface area contributed by atoms with E-state index in [9.17, 15) is 13.2 Å². The van der Waals surface area contributed by atoms with Crippen molar-refractivity contribution in [1.82, 2.24) is 9.62 Å². The molecule has 0 spiro atoms. The van der Waals surface area contributed by atoms with Crippen molar-refractivity contribution < 1.29 is 17.9 Å². The van der Waals surface area contributed by atoms with Crippen molar-refractivity contribution in [1.29, 1.82) is 0 Å². The lowest BCUT2D eigenvalue weighted by Gasteiger charge is -2.36. The molecule has 2 atom stereocenters. The molecule has 1 N–H and O–H groups in total. The summed E-state index contributed by atoms with van der Waals surface area (Å²) in [6.07, 6.45) is 0.148. The van der Waals surface area contributed by atoms with Crippen LogP contribution < -0.4 is 4.72 Å². The lowest BCUT2D eigenvalue weighted by atomic mass is 10.1. The van der Waals surface area contributed by atoms with Gasteiger partial charge in [-0.1, -0.05) is 17.7 Å². The van der Waals surface area contributed by atoms with E-state index in [0.717, 1.165) is 5.56 Å². The maximum Gasteiger partial charge on any atom is 0.241 e. The van der Waals surface area contributed by atoms with Gasteiger partial charge in [0.1, 0.15) is 0 Å². The maximum absolute atomic E-state index is 12.6. The first-order chi connectivity index (χ1) is 11.6. The van der Waals surface area contributed by atoms with Gasteiger partial charge in [0.05, 0.1) is 23.6 Å². The number of carbonyl (C=O) groups is 1. The van der Waals surface area contributed by atoms with Gasteiger partial charge in [-0.3, -0.25) is 4.79 Å². The number of ether oxygens (including phenoxy) is 1. The zero-order valence-electron chi connectivity index (χ0n) is 15.6. The second-order valence-corrected chi connectivity index (χ2v) is 8.62. The summed E-state index contributed by atoms with van der Waals surface area (Å²) in [7, 11) is -3.63. The highest BCUT2D eigenvalue weighted by molar-refractivity contribution is 7.89.